The Morgan fingerprint density at radius 2 is 1.67 bits per heavy atom. The maximum Gasteiger partial charge on any atom is 0.418 e. The van der Waals surface area contributed by atoms with Crippen LogP contribution in [-0.4, -0.2) is 20.9 Å². The van der Waals surface area contributed by atoms with Gasteiger partial charge in [0.2, 0.25) is 0 Å². The number of amides is 1. The summed E-state index contributed by atoms with van der Waals surface area (Å²) in [4.78, 5) is 12.2. The minimum absolute atomic E-state index is 0.0313. The first kappa shape index (κ1) is 24.4. The van der Waals surface area contributed by atoms with Crippen LogP contribution in [0.2, 0.25) is 5.02 Å². The standard InChI is InChI=1S/C22H18ClF3N2O4S/c1-2-32-20-12-11-16(13-19(20)27-21(29)14-7-9-15(23)10-8-14)33(30,31)28-18-6-4-3-5-17(18)22(24,25)26/h3-13,28H,2H2,1H3,(H,27,29). The fourth-order valence-corrected chi connectivity index (χ4v) is 4.11. The number of carbonyl (C=O) groups is 1. The van der Waals surface area contributed by atoms with Crippen LogP contribution in [0.15, 0.2) is 71.6 Å². The highest BCUT2D eigenvalue weighted by Crippen LogP contribution is 2.36. The number of benzene rings is 3. The Balaban J connectivity index is 1.95. The van der Waals surface area contributed by atoms with Crippen molar-refractivity contribution in [2.45, 2.75) is 18.0 Å². The summed E-state index contributed by atoms with van der Waals surface area (Å²) in [5, 5.41) is 2.99. The van der Waals surface area contributed by atoms with Crippen LogP contribution in [-0.2, 0) is 16.2 Å². The van der Waals surface area contributed by atoms with Crippen molar-refractivity contribution in [2.75, 3.05) is 16.6 Å². The van der Waals surface area contributed by atoms with Crippen molar-refractivity contribution in [1.29, 1.82) is 0 Å². The molecule has 0 fully saturated rings. The molecule has 3 aromatic carbocycles. The first-order chi connectivity index (χ1) is 15.5. The highest BCUT2D eigenvalue weighted by molar-refractivity contribution is 7.92. The van der Waals surface area contributed by atoms with E-state index in [1.165, 1.54) is 42.5 Å². The molecule has 0 unspecified atom stereocenters. The lowest BCUT2D eigenvalue weighted by molar-refractivity contribution is -0.136. The lowest BCUT2D eigenvalue weighted by atomic mass is 10.2. The molecule has 0 aromatic heterocycles. The predicted octanol–water partition coefficient (Wildman–Crippen LogP) is 5.81. The zero-order valence-corrected chi connectivity index (χ0v) is 18.7. The molecule has 0 atom stereocenters. The van der Waals surface area contributed by atoms with E-state index in [0.29, 0.717) is 5.02 Å². The van der Waals surface area contributed by atoms with Crippen LogP contribution in [0, 0.1) is 0 Å². The largest absolute Gasteiger partial charge is 0.492 e. The third-order valence-corrected chi connectivity index (χ3v) is 6.01. The molecule has 3 aromatic rings. The van der Waals surface area contributed by atoms with Crippen LogP contribution in [0.5, 0.6) is 5.75 Å². The number of rotatable bonds is 7. The summed E-state index contributed by atoms with van der Waals surface area (Å²) in [7, 11) is -4.43. The SMILES string of the molecule is CCOc1ccc(S(=O)(=O)Nc2ccccc2C(F)(F)F)cc1NC(=O)c1ccc(Cl)cc1. The molecule has 0 spiro atoms. The zero-order valence-electron chi connectivity index (χ0n) is 17.1. The van der Waals surface area contributed by atoms with Crippen molar-refractivity contribution in [3.8, 4) is 5.75 Å². The Labute approximate surface area is 193 Å². The van der Waals surface area contributed by atoms with Gasteiger partial charge in [-0.3, -0.25) is 9.52 Å². The summed E-state index contributed by atoms with van der Waals surface area (Å²) >= 11 is 5.82. The van der Waals surface area contributed by atoms with E-state index in [1.54, 1.807) is 6.92 Å². The summed E-state index contributed by atoms with van der Waals surface area (Å²) in [6, 6.07) is 13.8. The van der Waals surface area contributed by atoms with Gasteiger partial charge in [0.1, 0.15) is 5.75 Å². The van der Waals surface area contributed by atoms with E-state index < -0.39 is 33.4 Å². The van der Waals surface area contributed by atoms with Gasteiger partial charge in [0.05, 0.1) is 28.4 Å². The summed E-state index contributed by atoms with van der Waals surface area (Å²) in [5.74, 6) is -0.369. The molecule has 11 heteroatoms. The lowest BCUT2D eigenvalue weighted by Gasteiger charge is -2.16. The number of sulfonamides is 1. The second-order valence-electron chi connectivity index (χ2n) is 6.70. The van der Waals surface area contributed by atoms with Crippen molar-refractivity contribution in [3.63, 3.8) is 0 Å². The smallest absolute Gasteiger partial charge is 0.418 e. The van der Waals surface area contributed by atoms with E-state index in [1.807, 2.05) is 4.72 Å². The van der Waals surface area contributed by atoms with Gasteiger partial charge in [-0.25, -0.2) is 8.42 Å². The quantitative estimate of drug-likeness (QED) is 0.430. The highest BCUT2D eigenvalue weighted by Gasteiger charge is 2.34. The fourth-order valence-electron chi connectivity index (χ4n) is 2.87. The molecular formula is C22H18ClF3N2O4S. The van der Waals surface area contributed by atoms with Crippen molar-refractivity contribution < 1.29 is 31.1 Å². The normalized spacial score (nSPS) is 11.7. The zero-order chi connectivity index (χ0) is 24.2. The van der Waals surface area contributed by atoms with Crippen molar-refractivity contribution in [2.24, 2.45) is 0 Å². The summed E-state index contributed by atoms with van der Waals surface area (Å²) in [6.45, 7) is 1.93. The molecular weight excluding hydrogens is 481 g/mol. The Hall–Kier alpha value is -3.24. The van der Waals surface area contributed by atoms with Gasteiger partial charge in [0, 0.05) is 10.6 Å². The number of hydrogen-bond acceptors (Lipinski definition) is 4. The topological polar surface area (TPSA) is 84.5 Å². The predicted molar refractivity (Wildman–Crippen MR) is 119 cm³/mol. The van der Waals surface area contributed by atoms with Crippen LogP contribution in [0.25, 0.3) is 0 Å². The van der Waals surface area contributed by atoms with Gasteiger partial charge in [-0.15, -0.1) is 0 Å². The monoisotopic (exact) mass is 498 g/mol. The van der Waals surface area contributed by atoms with E-state index in [9.17, 15) is 26.4 Å². The number of carbonyl (C=O) groups excluding carboxylic acids is 1. The van der Waals surface area contributed by atoms with E-state index in [2.05, 4.69) is 5.32 Å². The van der Waals surface area contributed by atoms with E-state index >= 15 is 0 Å². The van der Waals surface area contributed by atoms with E-state index in [-0.39, 0.29) is 28.5 Å². The molecule has 6 nitrogen and oxygen atoms in total. The fraction of sp³-hybridized carbons (Fsp3) is 0.136. The minimum atomic E-state index is -4.75. The molecule has 0 heterocycles. The van der Waals surface area contributed by atoms with Crippen LogP contribution in [0.1, 0.15) is 22.8 Å². The van der Waals surface area contributed by atoms with Crippen LogP contribution in [0.4, 0.5) is 24.5 Å². The maximum absolute atomic E-state index is 13.3. The van der Waals surface area contributed by atoms with Crippen LogP contribution < -0.4 is 14.8 Å². The number of para-hydroxylation sites is 1. The van der Waals surface area contributed by atoms with E-state index in [4.69, 9.17) is 16.3 Å². The molecule has 0 aliphatic rings. The average Bonchev–Trinajstić information content (AvgIpc) is 2.75. The van der Waals surface area contributed by atoms with Gasteiger partial charge < -0.3 is 10.1 Å². The van der Waals surface area contributed by atoms with Gasteiger partial charge in [0.15, 0.2) is 0 Å². The van der Waals surface area contributed by atoms with Crippen molar-refractivity contribution in [1.82, 2.24) is 0 Å². The van der Waals surface area contributed by atoms with Crippen LogP contribution >= 0.6 is 11.6 Å². The van der Waals surface area contributed by atoms with Crippen molar-refractivity contribution in [3.05, 3.63) is 82.9 Å². The Bertz CT molecular complexity index is 1260. The van der Waals surface area contributed by atoms with Crippen molar-refractivity contribution >= 4 is 38.9 Å². The highest BCUT2D eigenvalue weighted by atomic mass is 35.5. The number of nitrogens with one attached hydrogen (secondary N) is 2. The summed E-state index contributed by atoms with van der Waals surface area (Å²) in [6.07, 6.45) is -4.75. The molecule has 0 bridgehead atoms. The first-order valence-corrected chi connectivity index (χ1v) is 11.4. The number of anilines is 2. The molecule has 0 saturated heterocycles. The Morgan fingerprint density at radius 3 is 2.30 bits per heavy atom. The average molecular weight is 499 g/mol. The van der Waals surface area contributed by atoms with E-state index in [0.717, 1.165) is 24.3 Å². The number of alkyl halides is 3. The molecule has 0 aliphatic heterocycles. The maximum atomic E-state index is 13.3. The molecule has 33 heavy (non-hydrogen) atoms. The second-order valence-corrected chi connectivity index (χ2v) is 8.82. The molecule has 0 aliphatic carbocycles. The molecule has 0 radical (unpaired) electrons. The van der Waals surface area contributed by atoms with Gasteiger partial charge in [-0.2, -0.15) is 13.2 Å². The molecule has 1 amide bonds. The third-order valence-electron chi connectivity index (χ3n) is 4.39. The number of halogens is 4. The number of ether oxygens (including phenoxy) is 1. The number of hydrogen-bond donors (Lipinski definition) is 2. The molecule has 0 saturated carbocycles. The lowest BCUT2D eigenvalue weighted by Crippen LogP contribution is -2.18. The third kappa shape index (κ3) is 5.96. The van der Waals surface area contributed by atoms with Gasteiger partial charge in [-0.05, 0) is 61.5 Å². The first-order valence-electron chi connectivity index (χ1n) is 9.54. The summed E-state index contributed by atoms with van der Waals surface area (Å²) in [5.41, 5.74) is -1.46. The molecule has 174 valence electrons. The molecule has 3 rings (SSSR count). The van der Waals surface area contributed by atoms with Gasteiger partial charge in [-0.1, -0.05) is 23.7 Å². The van der Waals surface area contributed by atoms with Gasteiger partial charge in [0.25, 0.3) is 15.9 Å². The Morgan fingerprint density at radius 1 is 1.00 bits per heavy atom. The Kier molecular flexibility index (Phi) is 7.19. The molecule has 2 N–H and O–H groups in total. The van der Waals surface area contributed by atoms with Crippen LogP contribution in [0.3, 0.4) is 0 Å². The second kappa shape index (κ2) is 9.72. The summed E-state index contributed by atoms with van der Waals surface area (Å²) < 4.78 is 72.9. The van der Waals surface area contributed by atoms with Gasteiger partial charge >= 0.3 is 6.18 Å². The minimum Gasteiger partial charge on any atom is -0.492 e.